The Bertz CT molecular complexity index is 1130. The van der Waals surface area contributed by atoms with Crippen molar-refractivity contribution in [1.29, 1.82) is 0 Å². The molecule has 0 radical (unpaired) electrons. The van der Waals surface area contributed by atoms with E-state index in [2.05, 4.69) is 16.0 Å². The lowest BCUT2D eigenvalue weighted by Gasteiger charge is -2.18. The van der Waals surface area contributed by atoms with E-state index in [4.69, 9.17) is 0 Å². The highest BCUT2D eigenvalue weighted by Crippen LogP contribution is 2.16. The maximum atomic E-state index is 12.4. The highest BCUT2D eigenvalue weighted by Gasteiger charge is 2.12. The fourth-order valence-corrected chi connectivity index (χ4v) is 3.61. The van der Waals surface area contributed by atoms with Crippen molar-refractivity contribution in [3.8, 4) is 0 Å². The van der Waals surface area contributed by atoms with Crippen LogP contribution in [0.15, 0.2) is 78.9 Å². The van der Waals surface area contributed by atoms with E-state index in [-0.39, 0.29) is 24.3 Å². The third kappa shape index (κ3) is 7.99. The van der Waals surface area contributed by atoms with Crippen molar-refractivity contribution in [3.63, 3.8) is 0 Å². The lowest BCUT2D eigenvalue weighted by Crippen LogP contribution is -2.30. The van der Waals surface area contributed by atoms with Gasteiger partial charge in [0.05, 0.1) is 6.54 Å². The van der Waals surface area contributed by atoms with Crippen LogP contribution in [0.2, 0.25) is 0 Å². The molecule has 0 heterocycles. The first-order valence-corrected chi connectivity index (χ1v) is 11.9. The van der Waals surface area contributed by atoms with E-state index in [0.717, 1.165) is 11.3 Å². The summed E-state index contributed by atoms with van der Waals surface area (Å²) in [6, 6.07) is 24.0. The highest BCUT2D eigenvalue weighted by atomic mass is 16.2. The van der Waals surface area contributed by atoms with E-state index in [9.17, 15) is 14.4 Å². The maximum absolute atomic E-state index is 12.4. The molecule has 0 saturated carbocycles. The molecule has 0 spiro atoms. The number of carbonyl (C=O) groups is 3. The Kier molecular flexibility index (Phi) is 9.42. The smallest absolute Gasteiger partial charge is 0.253 e. The second kappa shape index (κ2) is 12.9. The largest absolute Gasteiger partial charge is 0.376 e. The molecule has 0 saturated heterocycles. The normalized spacial score (nSPS) is 10.3. The Labute approximate surface area is 206 Å². The van der Waals surface area contributed by atoms with Gasteiger partial charge in [0.2, 0.25) is 11.8 Å². The number of aryl methyl sites for hydroxylation is 1. The molecule has 0 aromatic heterocycles. The Morgan fingerprint density at radius 3 is 2.06 bits per heavy atom. The van der Waals surface area contributed by atoms with E-state index >= 15 is 0 Å². The topological polar surface area (TPSA) is 90.5 Å². The van der Waals surface area contributed by atoms with Crippen molar-refractivity contribution < 1.29 is 14.4 Å². The lowest BCUT2D eigenvalue weighted by atomic mass is 10.1. The molecule has 3 aromatic carbocycles. The van der Waals surface area contributed by atoms with Gasteiger partial charge in [-0.1, -0.05) is 36.4 Å². The molecule has 3 rings (SSSR count). The fraction of sp³-hybridized carbons (Fsp3) is 0.250. The van der Waals surface area contributed by atoms with Crippen molar-refractivity contribution in [2.45, 2.75) is 26.7 Å². The lowest BCUT2D eigenvalue weighted by molar-refractivity contribution is -0.116. The van der Waals surface area contributed by atoms with Gasteiger partial charge in [-0.3, -0.25) is 14.4 Å². The van der Waals surface area contributed by atoms with Gasteiger partial charge in [-0.25, -0.2) is 0 Å². The molecule has 0 fully saturated rings. The molecule has 7 nitrogen and oxygen atoms in total. The van der Waals surface area contributed by atoms with Gasteiger partial charge in [0.1, 0.15) is 0 Å². The molecule has 3 aromatic rings. The summed E-state index contributed by atoms with van der Waals surface area (Å²) in [7, 11) is 0. The molecule has 3 N–H and O–H groups in total. The van der Waals surface area contributed by atoms with Crippen LogP contribution in [0.25, 0.3) is 0 Å². The third-order valence-electron chi connectivity index (χ3n) is 5.55. The van der Waals surface area contributed by atoms with Gasteiger partial charge in [0.15, 0.2) is 0 Å². The van der Waals surface area contributed by atoms with Gasteiger partial charge >= 0.3 is 0 Å². The van der Waals surface area contributed by atoms with E-state index in [1.807, 2.05) is 62.4 Å². The average Bonchev–Trinajstić information content (AvgIpc) is 2.88. The first-order chi connectivity index (χ1) is 17.0. The van der Waals surface area contributed by atoms with E-state index in [1.54, 1.807) is 35.2 Å². The number of benzene rings is 3. The molecule has 3 amide bonds. The second-order valence-electron chi connectivity index (χ2n) is 8.07. The number of hydrogen-bond acceptors (Lipinski definition) is 4. The van der Waals surface area contributed by atoms with E-state index in [1.165, 1.54) is 0 Å². The minimum atomic E-state index is -0.217. The van der Waals surface area contributed by atoms with Crippen molar-refractivity contribution in [2.75, 3.05) is 35.6 Å². The van der Waals surface area contributed by atoms with Gasteiger partial charge in [-0.05, 0) is 68.3 Å². The Morgan fingerprint density at radius 2 is 1.37 bits per heavy atom. The van der Waals surface area contributed by atoms with Crippen LogP contribution >= 0.6 is 0 Å². The molecule has 35 heavy (non-hydrogen) atoms. The molecule has 0 atom stereocenters. The zero-order valence-corrected chi connectivity index (χ0v) is 20.2. The Morgan fingerprint density at radius 1 is 0.714 bits per heavy atom. The standard InChI is InChI=1S/C28H32N4O3/c1-3-32(4-2)28(35)22-14-16-23(17-15-22)30-27(34)20-29-24-11-8-12-25(19-24)31-26(33)18-13-21-9-6-5-7-10-21/h5-12,14-17,19,29H,3-4,13,18,20H2,1-2H3,(H,30,34)(H,31,33). The molecule has 0 aliphatic carbocycles. The van der Waals surface area contributed by atoms with Crippen molar-refractivity contribution in [3.05, 3.63) is 90.0 Å². The third-order valence-corrected chi connectivity index (χ3v) is 5.55. The minimum Gasteiger partial charge on any atom is -0.376 e. The fourth-order valence-electron chi connectivity index (χ4n) is 3.61. The summed E-state index contributed by atoms with van der Waals surface area (Å²) in [6.07, 6.45) is 1.07. The second-order valence-corrected chi connectivity index (χ2v) is 8.07. The minimum absolute atomic E-state index is 0.0263. The van der Waals surface area contributed by atoms with Crippen LogP contribution in [0.5, 0.6) is 0 Å². The monoisotopic (exact) mass is 472 g/mol. The average molecular weight is 473 g/mol. The molecule has 7 heteroatoms. The van der Waals surface area contributed by atoms with Crippen molar-refractivity contribution in [2.24, 2.45) is 0 Å². The molecule has 182 valence electrons. The number of nitrogens with one attached hydrogen (secondary N) is 3. The summed E-state index contributed by atoms with van der Waals surface area (Å²) >= 11 is 0. The number of anilines is 3. The van der Waals surface area contributed by atoms with Crippen LogP contribution in [-0.4, -0.2) is 42.3 Å². The van der Waals surface area contributed by atoms with Gasteiger partial charge in [0.25, 0.3) is 5.91 Å². The maximum Gasteiger partial charge on any atom is 0.253 e. The summed E-state index contributed by atoms with van der Waals surface area (Å²) in [5.74, 6) is -0.307. The predicted molar refractivity (Wildman–Crippen MR) is 141 cm³/mol. The number of hydrogen-bond donors (Lipinski definition) is 3. The van der Waals surface area contributed by atoms with Crippen LogP contribution in [0, 0.1) is 0 Å². The zero-order chi connectivity index (χ0) is 25.0. The molecular weight excluding hydrogens is 440 g/mol. The van der Waals surface area contributed by atoms with Gasteiger partial charge < -0.3 is 20.9 Å². The number of rotatable bonds is 11. The zero-order valence-electron chi connectivity index (χ0n) is 20.2. The predicted octanol–water partition coefficient (Wildman–Crippen LogP) is 4.79. The van der Waals surface area contributed by atoms with Crippen molar-refractivity contribution >= 4 is 34.8 Å². The van der Waals surface area contributed by atoms with Crippen LogP contribution < -0.4 is 16.0 Å². The van der Waals surface area contributed by atoms with Gasteiger partial charge in [-0.15, -0.1) is 0 Å². The number of amides is 3. The summed E-state index contributed by atoms with van der Waals surface area (Å²) in [6.45, 7) is 5.25. The molecular formula is C28H32N4O3. The van der Waals surface area contributed by atoms with Crippen LogP contribution in [0.1, 0.15) is 36.2 Å². The Balaban J connectivity index is 1.46. The number of carbonyl (C=O) groups excluding carboxylic acids is 3. The quantitative estimate of drug-likeness (QED) is 0.374. The Hall–Kier alpha value is -4.13. The SMILES string of the molecule is CCN(CC)C(=O)c1ccc(NC(=O)CNc2cccc(NC(=O)CCc3ccccc3)c2)cc1. The van der Waals surface area contributed by atoms with E-state index in [0.29, 0.717) is 42.9 Å². The van der Waals surface area contributed by atoms with Gasteiger partial charge in [-0.2, -0.15) is 0 Å². The molecule has 0 bridgehead atoms. The molecule has 0 aliphatic rings. The summed E-state index contributed by atoms with van der Waals surface area (Å²) in [4.78, 5) is 38.8. The van der Waals surface area contributed by atoms with Crippen LogP contribution in [-0.2, 0) is 16.0 Å². The van der Waals surface area contributed by atoms with Crippen LogP contribution in [0.4, 0.5) is 17.1 Å². The molecule has 0 unspecified atom stereocenters. The summed E-state index contributed by atoms with van der Waals surface area (Å²) in [5.41, 5.74) is 3.72. The molecule has 0 aliphatic heterocycles. The summed E-state index contributed by atoms with van der Waals surface area (Å²) < 4.78 is 0. The first kappa shape index (κ1) is 25.5. The van der Waals surface area contributed by atoms with Crippen molar-refractivity contribution in [1.82, 2.24) is 4.90 Å². The first-order valence-electron chi connectivity index (χ1n) is 11.9. The van der Waals surface area contributed by atoms with Crippen LogP contribution in [0.3, 0.4) is 0 Å². The number of nitrogens with zero attached hydrogens (tertiary/aromatic N) is 1. The summed E-state index contributed by atoms with van der Waals surface area (Å²) in [5, 5.41) is 8.79. The van der Waals surface area contributed by atoms with Gasteiger partial charge in [0, 0.05) is 42.1 Å². The van der Waals surface area contributed by atoms with E-state index < -0.39 is 0 Å². The highest BCUT2D eigenvalue weighted by molar-refractivity contribution is 5.97.